The summed E-state index contributed by atoms with van der Waals surface area (Å²) in [7, 11) is 0. The van der Waals surface area contributed by atoms with Crippen LogP contribution in [0.5, 0.6) is 11.5 Å². The minimum Gasteiger partial charge on any atom is -0.494 e. The molecule has 0 saturated carbocycles. The van der Waals surface area contributed by atoms with Crippen molar-refractivity contribution < 1.29 is 28.9 Å². The van der Waals surface area contributed by atoms with Gasteiger partial charge in [0.2, 0.25) is 11.8 Å². The molecule has 0 aliphatic heterocycles. The Hall–Kier alpha value is -4.03. The second-order valence-corrected chi connectivity index (χ2v) is 9.23. The van der Waals surface area contributed by atoms with Crippen LogP contribution in [0.3, 0.4) is 0 Å². The van der Waals surface area contributed by atoms with Crippen LogP contribution in [0.2, 0.25) is 0 Å². The van der Waals surface area contributed by atoms with Gasteiger partial charge in [-0.15, -0.1) is 12.8 Å². The molecule has 0 atom stereocenters. The van der Waals surface area contributed by atoms with Crippen LogP contribution in [-0.2, 0) is 20.9 Å². The van der Waals surface area contributed by atoms with Crippen LogP contribution in [0.25, 0.3) is 0 Å². The maximum atomic E-state index is 11.7. The van der Waals surface area contributed by atoms with Gasteiger partial charge in [-0.05, 0) is 82.5 Å². The summed E-state index contributed by atoms with van der Waals surface area (Å²) < 4.78 is 17.1. The van der Waals surface area contributed by atoms with E-state index in [-0.39, 0.29) is 6.54 Å². The van der Waals surface area contributed by atoms with Crippen molar-refractivity contribution in [3.63, 3.8) is 0 Å². The summed E-state index contributed by atoms with van der Waals surface area (Å²) in [5.74, 6) is 0.373. The minimum atomic E-state index is -1.35. The molecule has 2 rings (SSSR count). The van der Waals surface area contributed by atoms with E-state index in [1.165, 1.54) is 13.8 Å². The number of terminal acetylenes is 1. The quantitative estimate of drug-likeness (QED) is 0.212. The normalized spacial score (nSPS) is 11.4. The van der Waals surface area contributed by atoms with E-state index < -0.39 is 17.5 Å². The van der Waals surface area contributed by atoms with Crippen LogP contribution in [0.15, 0.2) is 41.4 Å². The smallest absolute Gasteiger partial charge is 0.347 e. The summed E-state index contributed by atoms with van der Waals surface area (Å²) in [6, 6.07) is 11.4. The number of nitrogens with two attached hydrogens (primary N) is 1. The molecule has 39 heavy (non-hydrogen) atoms. The highest BCUT2D eigenvalue weighted by molar-refractivity contribution is 5.94. The predicted octanol–water partition coefficient (Wildman–Crippen LogP) is 3.96. The lowest BCUT2D eigenvalue weighted by Crippen LogP contribution is -2.38. The fourth-order valence-electron chi connectivity index (χ4n) is 3.79. The first-order valence-corrected chi connectivity index (χ1v) is 12.7. The van der Waals surface area contributed by atoms with Gasteiger partial charge in [0.05, 0.1) is 26.3 Å². The van der Waals surface area contributed by atoms with E-state index in [1.807, 2.05) is 69.0 Å². The minimum absolute atomic E-state index is 0.0743. The number of primary amides is 1. The lowest BCUT2D eigenvalue weighted by molar-refractivity contribution is -0.152. The van der Waals surface area contributed by atoms with E-state index in [0.717, 1.165) is 28.0 Å². The van der Waals surface area contributed by atoms with Crippen LogP contribution in [0.4, 0.5) is 0 Å². The maximum absolute atomic E-state index is 11.7. The van der Waals surface area contributed by atoms with E-state index in [4.69, 9.17) is 19.9 Å². The number of ether oxygens (including phenoxy) is 3. The van der Waals surface area contributed by atoms with Gasteiger partial charge in [-0.25, -0.2) is 9.79 Å². The first kappa shape index (κ1) is 33.0. The van der Waals surface area contributed by atoms with Gasteiger partial charge >= 0.3 is 5.97 Å². The maximum Gasteiger partial charge on any atom is 0.347 e. The molecular formula is C30H41N3O6. The largest absolute Gasteiger partial charge is 0.494 e. The summed E-state index contributed by atoms with van der Waals surface area (Å²) >= 11 is 0. The van der Waals surface area contributed by atoms with Gasteiger partial charge in [0, 0.05) is 18.7 Å². The Morgan fingerprint density at radius 3 is 2.13 bits per heavy atom. The summed E-state index contributed by atoms with van der Waals surface area (Å²) in [5.41, 5.74) is 7.59. The van der Waals surface area contributed by atoms with E-state index in [9.17, 15) is 14.7 Å². The molecule has 212 valence electrons. The van der Waals surface area contributed by atoms with Crippen molar-refractivity contribution in [2.75, 3.05) is 32.8 Å². The van der Waals surface area contributed by atoms with Gasteiger partial charge in [0.15, 0.2) is 5.60 Å². The fraction of sp³-hybridized carbons (Fsp3) is 0.433. The van der Waals surface area contributed by atoms with Crippen LogP contribution in [0, 0.1) is 26.7 Å². The molecule has 0 heterocycles. The Kier molecular flexibility index (Phi) is 13.6. The number of carboxylic acids is 1. The number of hydrogen-bond acceptors (Lipinski definition) is 7. The first-order chi connectivity index (χ1) is 18.5. The zero-order valence-corrected chi connectivity index (χ0v) is 23.8. The van der Waals surface area contributed by atoms with Crippen molar-refractivity contribution in [1.29, 1.82) is 0 Å². The Bertz CT molecular complexity index is 1120. The number of carboxylic acid groups (broad SMARTS) is 1. The van der Waals surface area contributed by atoms with Crippen molar-refractivity contribution in [1.82, 2.24) is 4.90 Å². The molecule has 0 aliphatic carbocycles. The highest BCUT2D eigenvalue weighted by Crippen LogP contribution is 2.29. The zero-order valence-electron chi connectivity index (χ0n) is 23.8. The molecule has 0 aromatic heterocycles. The average molecular weight is 540 g/mol. The van der Waals surface area contributed by atoms with Crippen LogP contribution < -0.4 is 15.2 Å². The van der Waals surface area contributed by atoms with Crippen molar-refractivity contribution in [3.05, 3.63) is 58.7 Å². The number of carbonyl (C=O) groups excluding carboxylic acids is 1. The first-order valence-electron chi connectivity index (χ1n) is 12.7. The summed E-state index contributed by atoms with van der Waals surface area (Å²) in [6.45, 7) is 13.1. The highest BCUT2D eigenvalue weighted by atomic mass is 16.5. The molecule has 9 nitrogen and oxygen atoms in total. The van der Waals surface area contributed by atoms with Gasteiger partial charge < -0.3 is 25.1 Å². The van der Waals surface area contributed by atoms with Crippen molar-refractivity contribution >= 4 is 17.8 Å². The van der Waals surface area contributed by atoms with Crippen molar-refractivity contribution in [2.45, 2.75) is 53.7 Å². The number of aryl methyl sites for hydroxylation is 2. The van der Waals surface area contributed by atoms with Crippen LogP contribution in [-0.4, -0.2) is 66.2 Å². The summed E-state index contributed by atoms with van der Waals surface area (Å²) in [5, 5.41) is 9.40. The molecule has 0 bridgehead atoms. The Morgan fingerprint density at radius 1 is 1.05 bits per heavy atom. The van der Waals surface area contributed by atoms with Crippen LogP contribution >= 0.6 is 0 Å². The SMILES string of the molecule is C#C.CCOC(=NCCN(CC(N)=O)Cc1cc(C)c(OC(C)(C)C(=O)O)c(C)c1)c1ccc(OCC)cc1. The number of carbonyl (C=O) groups is 2. The number of aliphatic imine (C=N–C) groups is 1. The van der Waals surface area contributed by atoms with Gasteiger partial charge in [-0.3, -0.25) is 9.69 Å². The monoisotopic (exact) mass is 539 g/mol. The third-order valence-corrected chi connectivity index (χ3v) is 5.54. The van der Waals surface area contributed by atoms with E-state index in [0.29, 0.717) is 44.5 Å². The third-order valence-electron chi connectivity index (χ3n) is 5.54. The molecule has 0 fully saturated rings. The molecule has 0 spiro atoms. The number of hydrogen-bond donors (Lipinski definition) is 2. The van der Waals surface area contributed by atoms with E-state index in [1.54, 1.807) is 0 Å². The lowest BCUT2D eigenvalue weighted by Gasteiger charge is -2.25. The predicted molar refractivity (Wildman–Crippen MR) is 153 cm³/mol. The van der Waals surface area contributed by atoms with Crippen molar-refractivity contribution in [3.8, 4) is 24.3 Å². The summed E-state index contributed by atoms with van der Waals surface area (Å²) in [6.07, 6.45) is 8.00. The molecule has 0 radical (unpaired) electrons. The molecule has 1 amide bonds. The number of nitrogens with zero attached hydrogens (tertiary/aromatic N) is 2. The molecule has 9 heteroatoms. The second-order valence-electron chi connectivity index (χ2n) is 9.23. The molecule has 2 aromatic carbocycles. The van der Waals surface area contributed by atoms with E-state index >= 15 is 0 Å². The Balaban J connectivity index is 0.00000371. The topological polar surface area (TPSA) is 124 Å². The van der Waals surface area contributed by atoms with Crippen molar-refractivity contribution in [2.24, 2.45) is 10.7 Å². The molecule has 0 unspecified atom stereocenters. The lowest BCUT2D eigenvalue weighted by atomic mass is 10.0. The standard InChI is InChI=1S/C28H39N3O6.C2H2/c1-7-35-23-11-9-22(10-12-23)26(36-8-2)30-13-14-31(18-24(29)32)17-21-15-19(3)25(20(4)16-21)37-28(5,6)27(33)34;1-2/h9-12,15-16H,7-8,13-14,17-18H2,1-6H3,(H2,29,32)(H,33,34);1-2H. The molecule has 3 N–H and O–H groups in total. The molecule has 0 aliphatic rings. The Labute approximate surface area is 232 Å². The third kappa shape index (κ3) is 10.7. The van der Waals surface area contributed by atoms with Crippen LogP contribution in [0.1, 0.15) is 49.9 Å². The fourth-order valence-corrected chi connectivity index (χ4v) is 3.79. The molecular weight excluding hydrogens is 498 g/mol. The second kappa shape index (κ2) is 16.0. The number of amides is 1. The van der Waals surface area contributed by atoms with Gasteiger partial charge in [-0.2, -0.15) is 0 Å². The highest BCUT2D eigenvalue weighted by Gasteiger charge is 2.30. The zero-order chi connectivity index (χ0) is 29.6. The number of benzene rings is 2. The number of aliphatic carboxylic acids is 1. The molecule has 2 aromatic rings. The van der Waals surface area contributed by atoms with Gasteiger partial charge in [-0.1, -0.05) is 12.1 Å². The summed E-state index contributed by atoms with van der Waals surface area (Å²) in [4.78, 5) is 29.8. The Morgan fingerprint density at radius 2 is 1.64 bits per heavy atom. The average Bonchev–Trinajstić information content (AvgIpc) is 2.87. The van der Waals surface area contributed by atoms with Gasteiger partial charge in [0.1, 0.15) is 11.5 Å². The van der Waals surface area contributed by atoms with Gasteiger partial charge in [0.25, 0.3) is 0 Å². The molecule has 0 saturated heterocycles. The number of rotatable bonds is 14. The van der Waals surface area contributed by atoms with E-state index in [2.05, 4.69) is 17.8 Å².